The van der Waals surface area contributed by atoms with Gasteiger partial charge >= 0.3 is 6.09 Å². The lowest BCUT2D eigenvalue weighted by Crippen LogP contribution is -2.51. The highest BCUT2D eigenvalue weighted by atomic mass is 19.1. The van der Waals surface area contributed by atoms with Crippen LogP contribution in [0, 0.1) is 5.82 Å². The second-order valence-electron chi connectivity index (χ2n) is 8.56. The maximum absolute atomic E-state index is 14.1. The molecule has 1 aliphatic carbocycles. The molecule has 5 heteroatoms. The molecular formula is C21H31FN2O2. The molecular weight excluding hydrogens is 331 g/mol. The summed E-state index contributed by atoms with van der Waals surface area (Å²) in [6, 6.07) is 7.45. The molecule has 3 rings (SSSR count). The van der Waals surface area contributed by atoms with Gasteiger partial charge < -0.3 is 15.0 Å². The van der Waals surface area contributed by atoms with E-state index < -0.39 is 5.60 Å². The van der Waals surface area contributed by atoms with E-state index in [9.17, 15) is 9.18 Å². The Morgan fingerprint density at radius 1 is 1.12 bits per heavy atom. The van der Waals surface area contributed by atoms with Crippen LogP contribution in [0.25, 0.3) is 0 Å². The van der Waals surface area contributed by atoms with Gasteiger partial charge in [-0.05, 0) is 77.0 Å². The summed E-state index contributed by atoms with van der Waals surface area (Å²) >= 11 is 0. The van der Waals surface area contributed by atoms with Crippen LogP contribution in [0.15, 0.2) is 24.3 Å². The Balaban J connectivity index is 1.69. The lowest BCUT2D eigenvalue weighted by atomic mass is 9.80. The number of benzene rings is 1. The monoisotopic (exact) mass is 362 g/mol. The molecule has 1 atom stereocenters. The smallest absolute Gasteiger partial charge is 0.410 e. The Labute approximate surface area is 156 Å². The van der Waals surface area contributed by atoms with Crippen LogP contribution >= 0.6 is 0 Å². The quantitative estimate of drug-likeness (QED) is 0.864. The normalized spacial score (nSPS) is 26.5. The van der Waals surface area contributed by atoms with Crippen molar-refractivity contribution >= 4 is 6.09 Å². The minimum Gasteiger partial charge on any atom is -0.444 e. The Kier molecular flexibility index (Phi) is 5.86. The van der Waals surface area contributed by atoms with Gasteiger partial charge in [-0.1, -0.05) is 18.2 Å². The second kappa shape index (κ2) is 7.95. The number of hydrogen-bond acceptors (Lipinski definition) is 3. The molecule has 1 unspecified atom stereocenters. The number of hydrogen-bond donors (Lipinski definition) is 1. The van der Waals surface area contributed by atoms with Crippen molar-refractivity contribution in [1.29, 1.82) is 0 Å². The molecule has 0 bridgehead atoms. The van der Waals surface area contributed by atoms with Crippen LogP contribution in [-0.2, 0) is 4.74 Å². The van der Waals surface area contributed by atoms with Crippen molar-refractivity contribution in [2.75, 3.05) is 13.1 Å². The average Bonchev–Trinajstić information content (AvgIpc) is 3.09. The fourth-order valence-corrected chi connectivity index (χ4v) is 4.26. The van der Waals surface area contributed by atoms with E-state index >= 15 is 0 Å². The van der Waals surface area contributed by atoms with Gasteiger partial charge in [-0.2, -0.15) is 0 Å². The van der Waals surface area contributed by atoms with Crippen LogP contribution in [0.5, 0.6) is 0 Å². The van der Waals surface area contributed by atoms with Crippen LogP contribution in [0.4, 0.5) is 9.18 Å². The standard InChI is InChI=1S/C21H31FN2O2/c1-21(2,3)26-20(25)24(17-12-13-23-14-17)16-10-8-15(9-11-16)18-6-4-5-7-19(18)22/h4-7,15-17,23H,8-14H2,1-3H3. The molecule has 1 saturated carbocycles. The van der Waals surface area contributed by atoms with Gasteiger partial charge in [0, 0.05) is 18.6 Å². The lowest BCUT2D eigenvalue weighted by molar-refractivity contribution is 0.00145. The average molecular weight is 362 g/mol. The third-order valence-electron chi connectivity index (χ3n) is 5.47. The fraction of sp³-hybridized carbons (Fsp3) is 0.667. The van der Waals surface area contributed by atoms with Gasteiger partial charge in [0.1, 0.15) is 11.4 Å². The van der Waals surface area contributed by atoms with E-state index in [1.165, 1.54) is 0 Å². The largest absolute Gasteiger partial charge is 0.444 e. The Morgan fingerprint density at radius 2 is 1.81 bits per heavy atom. The first-order chi connectivity index (χ1) is 12.3. The summed E-state index contributed by atoms with van der Waals surface area (Å²) in [5.74, 6) is 0.134. The highest BCUT2D eigenvalue weighted by Gasteiger charge is 2.37. The summed E-state index contributed by atoms with van der Waals surface area (Å²) in [6.07, 6.45) is 4.37. The zero-order valence-corrected chi connectivity index (χ0v) is 16.1. The molecule has 0 aromatic heterocycles. The maximum atomic E-state index is 14.1. The van der Waals surface area contributed by atoms with E-state index in [0.29, 0.717) is 0 Å². The van der Waals surface area contributed by atoms with Crippen molar-refractivity contribution in [3.8, 4) is 0 Å². The maximum Gasteiger partial charge on any atom is 0.410 e. The molecule has 0 spiro atoms. The van der Waals surface area contributed by atoms with Crippen molar-refractivity contribution in [3.63, 3.8) is 0 Å². The van der Waals surface area contributed by atoms with Gasteiger partial charge in [0.25, 0.3) is 0 Å². The minimum absolute atomic E-state index is 0.111. The summed E-state index contributed by atoms with van der Waals surface area (Å²) in [6.45, 7) is 7.49. The SMILES string of the molecule is CC(C)(C)OC(=O)N(C1CCC(c2ccccc2F)CC1)C1CCNC1. The third kappa shape index (κ3) is 4.56. The van der Waals surface area contributed by atoms with Gasteiger partial charge in [-0.25, -0.2) is 9.18 Å². The van der Waals surface area contributed by atoms with Gasteiger partial charge in [0.15, 0.2) is 0 Å². The minimum atomic E-state index is -0.494. The lowest BCUT2D eigenvalue weighted by Gasteiger charge is -2.40. The number of carbonyl (C=O) groups is 1. The molecule has 1 aromatic carbocycles. The molecule has 144 valence electrons. The number of amides is 1. The van der Waals surface area contributed by atoms with E-state index in [1.54, 1.807) is 12.1 Å². The Bertz CT molecular complexity index is 615. The van der Waals surface area contributed by atoms with Gasteiger partial charge in [-0.15, -0.1) is 0 Å². The summed E-state index contributed by atoms with van der Waals surface area (Å²) in [7, 11) is 0. The topological polar surface area (TPSA) is 41.6 Å². The van der Waals surface area contributed by atoms with E-state index in [4.69, 9.17) is 4.74 Å². The number of nitrogens with zero attached hydrogens (tertiary/aromatic N) is 1. The Morgan fingerprint density at radius 3 is 2.38 bits per heavy atom. The van der Waals surface area contributed by atoms with Crippen LogP contribution in [0.3, 0.4) is 0 Å². The van der Waals surface area contributed by atoms with Crippen molar-refractivity contribution in [2.45, 2.75) is 76.5 Å². The first kappa shape index (κ1) is 19.2. The van der Waals surface area contributed by atoms with Gasteiger partial charge in [0.05, 0.1) is 0 Å². The summed E-state index contributed by atoms with van der Waals surface area (Å²) in [5.41, 5.74) is 0.323. The number of carbonyl (C=O) groups excluding carboxylic acids is 1. The van der Waals surface area contributed by atoms with E-state index in [0.717, 1.165) is 50.8 Å². The van der Waals surface area contributed by atoms with Crippen LogP contribution in [0.2, 0.25) is 0 Å². The molecule has 1 saturated heterocycles. The van der Waals surface area contributed by atoms with Gasteiger partial charge in [-0.3, -0.25) is 0 Å². The summed E-state index contributed by atoms with van der Waals surface area (Å²) in [5, 5.41) is 3.35. The van der Waals surface area contributed by atoms with E-state index in [-0.39, 0.29) is 29.9 Å². The molecule has 4 nitrogen and oxygen atoms in total. The number of halogens is 1. The molecule has 1 aromatic rings. The highest BCUT2D eigenvalue weighted by Crippen LogP contribution is 2.37. The predicted octanol–water partition coefficient (Wildman–Crippen LogP) is 4.45. The first-order valence-corrected chi connectivity index (χ1v) is 9.81. The van der Waals surface area contributed by atoms with Crippen molar-refractivity contribution in [1.82, 2.24) is 10.2 Å². The molecule has 1 heterocycles. The van der Waals surface area contributed by atoms with Gasteiger partial charge in [0.2, 0.25) is 0 Å². The summed E-state index contributed by atoms with van der Waals surface area (Å²) in [4.78, 5) is 14.8. The van der Waals surface area contributed by atoms with Crippen LogP contribution in [-0.4, -0.2) is 41.8 Å². The molecule has 2 fully saturated rings. The first-order valence-electron chi connectivity index (χ1n) is 9.81. The van der Waals surface area contributed by atoms with E-state index in [2.05, 4.69) is 5.32 Å². The van der Waals surface area contributed by atoms with Crippen molar-refractivity contribution in [3.05, 3.63) is 35.6 Å². The number of rotatable bonds is 3. The molecule has 1 N–H and O–H groups in total. The van der Waals surface area contributed by atoms with Crippen molar-refractivity contribution in [2.24, 2.45) is 0 Å². The number of ether oxygens (including phenoxy) is 1. The molecule has 26 heavy (non-hydrogen) atoms. The van der Waals surface area contributed by atoms with Crippen LogP contribution in [0.1, 0.15) is 64.4 Å². The molecule has 2 aliphatic rings. The summed E-state index contributed by atoms with van der Waals surface area (Å²) < 4.78 is 19.8. The Hall–Kier alpha value is -1.62. The molecule has 0 radical (unpaired) electrons. The highest BCUT2D eigenvalue weighted by molar-refractivity contribution is 5.69. The van der Waals surface area contributed by atoms with Crippen LogP contribution < -0.4 is 5.32 Å². The second-order valence-corrected chi connectivity index (χ2v) is 8.56. The zero-order chi connectivity index (χ0) is 18.7. The van der Waals surface area contributed by atoms with Crippen molar-refractivity contribution < 1.29 is 13.9 Å². The zero-order valence-electron chi connectivity index (χ0n) is 16.1. The van der Waals surface area contributed by atoms with E-state index in [1.807, 2.05) is 37.8 Å². The molecule has 1 amide bonds. The third-order valence-corrected chi connectivity index (χ3v) is 5.47. The number of nitrogens with one attached hydrogen (secondary N) is 1. The fourth-order valence-electron chi connectivity index (χ4n) is 4.26. The molecule has 1 aliphatic heterocycles. The predicted molar refractivity (Wildman–Crippen MR) is 101 cm³/mol.